The molecule has 0 unspecified atom stereocenters. The van der Waals surface area contributed by atoms with Crippen molar-refractivity contribution in [2.75, 3.05) is 11.9 Å². The van der Waals surface area contributed by atoms with Crippen molar-refractivity contribution < 1.29 is 18.7 Å². The molecule has 0 saturated carbocycles. The fraction of sp³-hybridized carbons (Fsp3) is 0.0667. The summed E-state index contributed by atoms with van der Waals surface area (Å²) in [6.07, 6.45) is 5.86. The Morgan fingerprint density at radius 1 is 1.33 bits per heavy atom. The van der Waals surface area contributed by atoms with E-state index in [0.717, 1.165) is 18.5 Å². The van der Waals surface area contributed by atoms with E-state index in [4.69, 9.17) is 5.11 Å². The zero-order valence-electron chi connectivity index (χ0n) is 12.1. The average Bonchev–Trinajstić information content (AvgIpc) is 2.96. The van der Waals surface area contributed by atoms with Crippen LogP contribution in [0, 0.1) is 11.6 Å². The standard InChI is InChI=1S/C15H11F2N5O2/c16-8-4-9-10(6-20-13(9)19-5-8)14-21-7-11(17)15(22-14)18-3-1-2-12(23)24/h1-2,4-7H,3H2,(H,19,20)(H,23,24)(H,18,21,22)/b2-1+. The van der Waals surface area contributed by atoms with E-state index in [1.165, 1.54) is 12.1 Å². The summed E-state index contributed by atoms with van der Waals surface area (Å²) in [5, 5.41) is 11.6. The fourth-order valence-electron chi connectivity index (χ4n) is 2.10. The number of rotatable bonds is 5. The minimum atomic E-state index is -1.10. The molecule has 0 radical (unpaired) electrons. The SMILES string of the molecule is O=C(O)/C=C/CNc1nc(-c2c[nH]c3ncc(F)cc23)ncc1F. The quantitative estimate of drug-likeness (QED) is 0.620. The van der Waals surface area contributed by atoms with Gasteiger partial charge >= 0.3 is 5.97 Å². The lowest BCUT2D eigenvalue weighted by Crippen LogP contribution is -2.05. The highest BCUT2D eigenvalue weighted by Crippen LogP contribution is 2.26. The first-order valence-corrected chi connectivity index (χ1v) is 6.83. The Morgan fingerprint density at radius 2 is 2.17 bits per heavy atom. The van der Waals surface area contributed by atoms with E-state index in [-0.39, 0.29) is 18.2 Å². The summed E-state index contributed by atoms with van der Waals surface area (Å²) in [5.74, 6) is -2.21. The molecule has 7 nitrogen and oxygen atoms in total. The minimum absolute atomic E-state index is 0.0732. The van der Waals surface area contributed by atoms with Crippen LogP contribution in [-0.2, 0) is 4.79 Å². The van der Waals surface area contributed by atoms with Crippen molar-refractivity contribution in [2.45, 2.75) is 0 Å². The molecule has 3 aromatic rings. The van der Waals surface area contributed by atoms with E-state index in [9.17, 15) is 13.6 Å². The van der Waals surface area contributed by atoms with Crippen molar-refractivity contribution in [3.63, 3.8) is 0 Å². The van der Waals surface area contributed by atoms with Gasteiger partial charge in [0.05, 0.1) is 12.4 Å². The van der Waals surface area contributed by atoms with Gasteiger partial charge in [-0.2, -0.15) is 0 Å². The Balaban J connectivity index is 1.92. The number of nitrogens with one attached hydrogen (secondary N) is 2. The highest BCUT2D eigenvalue weighted by molar-refractivity contribution is 5.91. The van der Waals surface area contributed by atoms with Gasteiger partial charge in [-0.25, -0.2) is 28.5 Å². The highest BCUT2D eigenvalue weighted by atomic mass is 19.1. The number of carboxylic acids is 1. The number of carboxylic acid groups (broad SMARTS) is 1. The van der Waals surface area contributed by atoms with Gasteiger partial charge in [0.1, 0.15) is 11.5 Å². The summed E-state index contributed by atoms with van der Waals surface area (Å²) in [5.41, 5.74) is 0.930. The number of hydrogen-bond acceptors (Lipinski definition) is 5. The van der Waals surface area contributed by atoms with Crippen molar-refractivity contribution in [1.29, 1.82) is 0 Å². The zero-order chi connectivity index (χ0) is 17.1. The van der Waals surface area contributed by atoms with Crippen molar-refractivity contribution in [2.24, 2.45) is 0 Å². The number of fused-ring (bicyclic) bond motifs is 1. The molecule has 0 spiro atoms. The van der Waals surface area contributed by atoms with Crippen LogP contribution in [-0.4, -0.2) is 37.6 Å². The van der Waals surface area contributed by atoms with E-state index in [2.05, 4.69) is 25.3 Å². The molecular formula is C15H11F2N5O2. The molecule has 0 aromatic carbocycles. The highest BCUT2D eigenvalue weighted by Gasteiger charge is 2.13. The summed E-state index contributed by atoms with van der Waals surface area (Å²) < 4.78 is 27.1. The molecule has 0 aliphatic carbocycles. The molecular weight excluding hydrogens is 320 g/mol. The van der Waals surface area contributed by atoms with Gasteiger partial charge in [-0.1, -0.05) is 6.08 Å². The summed E-state index contributed by atoms with van der Waals surface area (Å²) in [6.45, 7) is 0.0732. The number of aromatic nitrogens is 4. The van der Waals surface area contributed by atoms with E-state index in [1.807, 2.05) is 0 Å². The van der Waals surface area contributed by atoms with Crippen LogP contribution in [0.1, 0.15) is 0 Å². The third-order valence-electron chi connectivity index (χ3n) is 3.13. The largest absolute Gasteiger partial charge is 0.478 e. The smallest absolute Gasteiger partial charge is 0.328 e. The van der Waals surface area contributed by atoms with E-state index >= 15 is 0 Å². The first-order valence-electron chi connectivity index (χ1n) is 6.83. The van der Waals surface area contributed by atoms with E-state index < -0.39 is 17.6 Å². The Labute approximate surface area is 134 Å². The van der Waals surface area contributed by atoms with Gasteiger partial charge in [0, 0.05) is 29.8 Å². The Bertz CT molecular complexity index is 939. The van der Waals surface area contributed by atoms with Gasteiger partial charge in [-0.05, 0) is 6.07 Å². The number of aliphatic carboxylic acids is 1. The number of halogens is 2. The van der Waals surface area contributed by atoms with Gasteiger partial charge in [0.2, 0.25) is 0 Å². The number of nitrogens with zero attached hydrogens (tertiary/aromatic N) is 3. The van der Waals surface area contributed by atoms with Gasteiger partial charge in [-0.15, -0.1) is 0 Å². The van der Waals surface area contributed by atoms with Crippen LogP contribution in [0.5, 0.6) is 0 Å². The van der Waals surface area contributed by atoms with Crippen LogP contribution in [0.25, 0.3) is 22.4 Å². The predicted octanol–water partition coefficient (Wildman–Crippen LogP) is 2.35. The van der Waals surface area contributed by atoms with Crippen LogP contribution in [0.3, 0.4) is 0 Å². The summed E-state index contributed by atoms with van der Waals surface area (Å²) in [6, 6.07) is 1.28. The lowest BCUT2D eigenvalue weighted by Gasteiger charge is -2.05. The van der Waals surface area contributed by atoms with Crippen LogP contribution < -0.4 is 5.32 Å². The Morgan fingerprint density at radius 3 is 2.96 bits per heavy atom. The first kappa shape index (κ1) is 15.5. The van der Waals surface area contributed by atoms with Crippen molar-refractivity contribution >= 4 is 22.8 Å². The molecule has 0 aliphatic rings. The molecule has 3 heterocycles. The molecule has 9 heteroatoms. The fourth-order valence-corrected chi connectivity index (χ4v) is 2.10. The molecule has 122 valence electrons. The number of pyridine rings is 1. The van der Waals surface area contributed by atoms with Crippen LogP contribution >= 0.6 is 0 Å². The van der Waals surface area contributed by atoms with Crippen molar-refractivity contribution in [3.05, 3.63) is 48.4 Å². The summed E-state index contributed by atoms with van der Waals surface area (Å²) >= 11 is 0. The molecule has 0 aliphatic heterocycles. The second-order valence-electron chi connectivity index (χ2n) is 4.76. The maximum Gasteiger partial charge on any atom is 0.328 e. The van der Waals surface area contributed by atoms with Crippen molar-refractivity contribution in [3.8, 4) is 11.4 Å². The van der Waals surface area contributed by atoms with Gasteiger partial charge in [0.25, 0.3) is 0 Å². The normalized spacial score (nSPS) is 11.2. The number of carbonyl (C=O) groups is 1. The summed E-state index contributed by atoms with van der Waals surface area (Å²) in [4.78, 5) is 25.1. The van der Waals surface area contributed by atoms with Gasteiger partial charge in [0.15, 0.2) is 17.5 Å². The topological polar surface area (TPSA) is 104 Å². The van der Waals surface area contributed by atoms with Crippen LogP contribution in [0.2, 0.25) is 0 Å². The predicted molar refractivity (Wildman–Crippen MR) is 82.3 cm³/mol. The lowest BCUT2D eigenvalue weighted by atomic mass is 10.2. The summed E-state index contributed by atoms with van der Waals surface area (Å²) in [7, 11) is 0. The lowest BCUT2D eigenvalue weighted by molar-refractivity contribution is -0.131. The molecule has 3 N–H and O–H groups in total. The Kier molecular flexibility index (Phi) is 4.15. The number of hydrogen-bond donors (Lipinski definition) is 3. The maximum atomic E-state index is 13.8. The van der Waals surface area contributed by atoms with Gasteiger partial charge in [-0.3, -0.25) is 0 Å². The van der Waals surface area contributed by atoms with Gasteiger partial charge < -0.3 is 15.4 Å². The first-order chi connectivity index (χ1) is 11.5. The maximum absolute atomic E-state index is 13.8. The third kappa shape index (κ3) is 3.19. The molecule has 0 bridgehead atoms. The molecule has 3 rings (SSSR count). The number of H-pyrrole nitrogens is 1. The minimum Gasteiger partial charge on any atom is -0.478 e. The monoisotopic (exact) mass is 331 g/mol. The average molecular weight is 331 g/mol. The number of anilines is 1. The molecule has 24 heavy (non-hydrogen) atoms. The molecule has 3 aromatic heterocycles. The zero-order valence-corrected chi connectivity index (χ0v) is 12.1. The van der Waals surface area contributed by atoms with E-state index in [0.29, 0.717) is 16.6 Å². The third-order valence-corrected chi connectivity index (χ3v) is 3.13. The second-order valence-corrected chi connectivity index (χ2v) is 4.76. The molecule has 0 saturated heterocycles. The van der Waals surface area contributed by atoms with Crippen LogP contribution in [0.4, 0.5) is 14.6 Å². The molecule has 0 amide bonds. The van der Waals surface area contributed by atoms with Crippen molar-refractivity contribution in [1.82, 2.24) is 19.9 Å². The van der Waals surface area contributed by atoms with Crippen LogP contribution in [0.15, 0.2) is 36.8 Å². The van der Waals surface area contributed by atoms with E-state index in [1.54, 1.807) is 6.20 Å². The number of aromatic amines is 1. The second kappa shape index (κ2) is 6.41. The molecule has 0 atom stereocenters. The Hall–Kier alpha value is -3.36. The molecule has 0 fully saturated rings.